The van der Waals surface area contributed by atoms with E-state index in [1.807, 2.05) is 42.5 Å². The highest BCUT2D eigenvalue weighted by Crippen LogP contribution is 2.43. The van der Waals surface area contributed by atoms with Crippen molar-refractivity contribution in [2.45, 2.75) is 0 Å². The number of fused-ring (bicyclic) bond motifs is 10. The van der Waals surface area contributed by atoms with E-state index in [1.54, 1.807) is 0 Å². The van der Waals surface area contributed by atoms with Gasteiger partial charge in [0.2, 0.25) is 0 Å². The second-order valence-corrected chi connectivity index (χ2v) is 16.2. The van der Waals surface area contributed by atoms with Crippen LogP contribution in [0.2, 0.25) is 0 Å². The summed E-state index contributed by atoms with van der Waals surface area (Å²) in [5.74, 6) is 1.81. The molecular formula is C58H35N5O. The molecule has 0 aliphatic heterocycles. The van der Waals surface area contributed by atoms with Gasteiger partial charge < -0.3 is 8.98 Å². The SMILES string of the molecule is c1ccc(-c2nc(-c3cccc(-c4cccc5c4oc4c5ccc5c(-c6ccccc6)nc6ccccc6c54)c3)nc(-c3ccc4c(c3)c3ccccc3n4-c3ccccc3)n2)cc1. The van der Waals surface area contributed by atoms with Crippen molar-refractivity contribution in [3.05, 3.63) is 212 Å². The molecule has 13 rings (SSSR count). The molecule has 13 aromatic rings. The minimum absolute atomic E-state index is 0.590. The summed E-state index contributed by atoms with van der Waals surface area (Å²) in [5.41, 5.74) is 12.7. The van der Waals surface area contributed by atoms with Gasteiger partial charge in [0.1, 0.15) is 11.2 Å². The van der Waals surface area contributed by atoms with Gasteiger partial charge in [-0.3, -0.25) is 0 Å². The molecule has 0 aliphatic rings. The van der Waals surface area contributed by atoms with Crippen molar-refractivity contribution in [2.24, 2.45) is 0 Å². The van der Waals surface area contributed by atoms with Crippen molar-refractivity contribution < 1.29 is 4.42 Å². The van der Waals surface area contributed by atoms with E-state index in [2.05, 4.69) is 174 Å². The molecule has 0 aliphatic carbocycles. The van der Waals surface area contributed by atoms with Crippen molar-refractivity contribution >= 4 is 65.4 Å². The molecule has 0 N–H and O–H groups in total. The molecule has 0 saturated carbocycles. The van der Waals surface area contributed by atoms with E-state index in [4.69, 9.17) is 24.4 Å². The third-order valence-electron chi connectivity index (χ3n) is 12.4. The van der Waals surface area contributed by atoms with Gasteiger partial charge in [-0.15, -0.1) is 0 Å². The first-order valence-electron chi connectivity index (χ1n) is 21.5. The minimum Gasteiger partial charge on any atom is -0.455 e. The average Bonchev–Trinajstić information content (AvgIpc) is 3.92. The summed E-state index contributed by atoms with van der Waals surface area (Å²) in [5, 5.41) is 7.60. The Balaban J connectivity index is 0.976. The molecule has 64 heavy (non-hydrogen) atoms. The largest absolute Gasteiger partial charge is 0.455 e. The molecule has 4 heterocycles. The summed E-state index contributed by atoms with van der Waals surface area (Å²) < 4.78 is 9.39. The van der Waals surface area contributed by atoms with E-state index < -0.39 is 0 Å². The van der Waals surface area contributed by atoms with Crippen LogP contribution in [0.1, 0.15) is 0 Å². The maximum atomic E-state index is 7.07. The fourth-order valence-corrected chi connectivity index (χ4v) is 9.48. The van der Waals surface area contributed by atoms with Crippen LogP contribution in [0.25, 0.3) is 128 Å². The van der Waals surface area contributed by atoms with E-state index >= 15 is 0 Å². The number of furan rings is 1. The van der Waals surface area contributed by atoms with Gasteiger partial charge in [0.05, 0.1) is 22.2 Å². The number of para-hydroxylation sites is 4. The average molecular weight is 818 g/mol. The normalized spacial score (nSPS) is 11.8. The summed E-state index contributed by atoms with van der Waals surface area (Å²) in [6.07, 6.45) is 0. The van der Waals surface area contributed by atoms with Gasteiger partial charge >= 0.3 is 0 Å². The lowest BCUT2D eigenvalue weighted by Crippen LogP contribution is -2.00. The van der Waals surface area contributed by atoms with E-state index in [-0.39, 0.29) is 0 Å². The van der Waals surface area contributed by atoms with Crippen molar-refractivity contribution in [3.8, 4) is 62.2 Å². The van der Waals surface area contributed by atoms with E-state index in [9.17, 15) is 0 Å². The number of benzene rings is 9. The number of aromatic nitrogens is 5. The van der Waals surface area contributed by atoms with Gasteiger partial charge in [-0.25, -0.2) is 19.9 Å². The molecule has 9 aromatic carbocycles. The number of hydrogen-bond acceptors (Lipinski definition) is 5. The van der Waals surface area contributed by atoms with Crippen LogP contribution < -0.4 is 0 Å². The van der Waals surface area contributed by atoms with Gasteiger partial charge in [-0.2, -0.15) is 0 Å². The number of nitrogens with zero attached hydrogens (tertiary/aromatic N) is 5. The van der Waals surface area contributed by atoms with Gasteiger partial charge in [0, 0.05) is 71.2 Å². The topological polar surface area (TPSA) is 69.6 Å². The maximum absolute atomic E-state index is 7.07. The fourth-order valence-electron chi connectivity index (χ4n) is 9.48. The van der Waals surface area contributed by atoms with Gasteiger partial charge in [-0.1, -0.05) is 158 Å². The first kappa shape index (κ1) is 36.0. The van der Waals surface area contributed by atoms with Crippen molar-refractivity contribution in [1.82, 2.24) is 24.5 Å². The lowest BCUT2D eigenvalue weighted by atomic mass is 9.97. The Morgan fingerprint density at radius 3 is 1.69 bits per heavy atom. The second kappa shape index (κ2) is 14.4. The number of pyridine rings is 1. The molecule has 6 nitrogen and oxygen atoms in total. The standard InChI is InChI=1S/C58H35N5O/c1-4-16-36(17-5-1)53-47-32-31-45-44-27-15-26-42(54(44)64-55(45)52(47)46-25-10-12-28-49(46)59-53)38-20-14-21-39(34-38)57-60-56(37-18-6-2-7-19-37)61-58(62-57)40-30-33-51-48(35-40)43-24-11-13-29-50(43)63(51)41-22-8-3-9-23-41/h1-35H. The van der Waals surface area contributed by atoms with Crippen molar-refractivity contribution in [1.29, 1.82) is 0 Å². The lowest BCUT2D eigenvalue weighted by molar-refractivity contribution is 0.674. The third-order valence-corrected chi connectivity index (χ3v) is 12.4. The Kier molecular flexibility index (Phi) is 8.11. The minimum atomic E-state index is 0.590. The lowest BCUT2D eigenvalue weighted by Gasteiger charge is -2.11. The first-order valence-corrected chi connectivity index (χ1v) is 21.5. The van der Waals surface area contributed by atoms with Crippen LogP contribution in [0, 0.1) is 0 Å². The van der Waals surface area contributed by atoms with Crippen LogP contribution >= 0.6 is 0 Å². The van der Waals surface area contributed by atoms with Crippen LogP contribution in [0.15, 0.2) is 217 Å². The third kappa shape index (κ3) is 5.73. The molecule has 0 radical (unpaired) electrons. The molecule has 0 fully saturated rings. The van der Waals surface area contributed by atoms with E-state index in [0.717, 1.165) is 105 Å². The predicted molar refractivity (Wildman–Crippen MR) is 261 cm³/mol. The van der Waals surface area contributed by atoms with Crippen molar-refractivity contribution in [3.63, 3.8) is 0 Å². The van der Waals surface area contributed by atoms with Crippen LogP contribution in [-0.2, 0) is 0 Å². The zero-order chi connectivity index (χ0) is 42.1. The van der Waals surface area contributed by atoms with Crippen LogP contribution in [-0.4, -0.2) is 24.5 Å². The Hall–Kier alpha value is -8.74. The zero-order valence-corrected chi connectivity index (χ0v) is 34.4. The van der Waals surface area contributed by atoms with Crippen LogP contribution in [0.3, 0.4) is 0 Å². The van der Waals surface area contributed by atoms with Crippen LogP contribution in [0.5, 0.6) is 0 Å². The van der Waals surface area contributed by atoms with Gasteiger partial charge in [0.15, 0.2) is 17.5 Å². The molecular weight excluding hydrogens is 783 g/mol. The highest BCUT2D eigenvalue weighted by molar-refractivity contribution is 6.25. The highest BCUT2D eigenvalue weighted by Gasteiger charge is 2.21. The molecule has 6 heteroatoms. The number of rotatable bonds is 6. The molecule has 0 spiro atoms. The molecule has 4 aromatic heterocycles. The molecule has 0 atom stereocenters. The van der Waals surface area contributed by atoms with Gasteiger partial charge in [0.25, 0.3) is 0 Å². The highest BCUT2D eigenvalue weighted by atomic mass is 16.3. The van der Waals surface area contributed by atoms with E-state index in [0.29, 0.717) is 17.5 Å². The van der Waals surface area contributed by atoms with E-state index in [1.165, 1.54) is 5.39 Å². The summed E-state index contributed by atoms with van der Waals surface area (Å²) >= 11 is 0. The summed E-state index contributed by atoms with van der Waals surface area (Å²) in [6, 6.07) is 73.7. The summed E-state index contributed by atoms with van der Waals surface area (Å²) in [6.45, 7) is 0. The Morgan fingerprint density at radius 1 is 0.328 bits per heavy atom. The van der Waals surface area contributed by atoms with Gasteiger partial charge in [-0.05, 0) is 60.2 Å². The molecule has 0 saturated heterocycles. The number of hydrogen-bond donors (Lipinski definition) is 0. The summed E-state index contributed by atoms with van der Waals surface area (Å²) in [4.78, 5) is 20.6. The molecule has 298 valence electrons. The smallest absolute Gasteiger partial charge is 0.164 e. The predicted octanol–water partition coefficient (Wildman–Crippen LogP) is 14.9. The molecule has 0 unspecified atom stereocenters. The molecule has 0 amide bonds. The Bertz CT molecular complexity index is 3950. The fraction of sp³-hybridized carbons (Fsp3) is 0. The monoisotopic (exact) mass is 817 g/mol. The van der Waals surface area contributed by atoms with Crippen LogP contribution in [0.4, 0.5) is 0 Å². The summed E-state index contributed by atoms with van der Waals surface area (Å²) in [7, 11) is 0. The molecule has 0 bridgehead atoms. The van der Waals surface area contributed by atoms with Crippen molar-refractivity contribution in [2.75, 3.05) is 0 Å². The Labute approximate surface area is 367 Å². The Morgan fingerprint density at radius 2 is 0.891 bits per heavy atom. The maximum Gasteiger partial charge on any atom is 0.164 e. The zero-order valence-electron chi connectivity index (χ0n) is 34.4. The first-order chi connectivity index (χ1) is 31.7. The second-order valence-electron chi connectivity index (χ2n) is 16.2. The quantitative estimate of drug-likeness (QED) is 0.156.